The van der Waals surface area contributed by atoms with Gasteiger partial charge in [-0.1, -0.05) is 30.3 Å². The Hall–Kier alpha value is -2.33. The third-order valence-corrected chi connectivity index (χ3v) is 3.25. The lowest BCUT2D eigenvalue weighted by Crippen LogP contribution is -2.17. The molecule has 108 valence electrons. The molecule has 21 heavy (non-hydrogen) atoms. The molecule has 0 unspecified atom stereocenters. The Balaban J connectivity index is 1.40. The lowest BCUT2D eigenvalue weighted by molar-refractivity contribution is 0.300. The van der Waals surface area contributed by atoms with Gasteiger partial charge in [0, 0.05) is 12.7 Å². The zero-order chi connectivity index (χ0) is 14.3. The molecule has 0 aliphatic carbocycles. The highest BCUT2D eigenvalue weighted by molar-refractivity contribution is 5.81. The topological polar surface area (TPSA) is 47.3 Å². The average molecular weight is 282 g/mol. The molecule has 0 radical (unpaired) electrons. The van der Waals surface area contributed by atoms with Crippen molar-refractivity contribution >= 4 is 11.0 Å². The number of fused-ring (bicyclic) bond motifs is 1. The standard InChI is InChI=1S/C17H18N2O2/c1-2-5-14(6-3-1)13-18-9-4-11-21-17-15-8-12-20-16(15)7-10-19-17/h1-3,5-8,10,12,18H,4,9,11,13H2. The minimum atomic E-state index is 0.638. The summed E-state index contributed by atoms with van der Waals surface area (Å²) in [4.78, 5) is 4.24. The number of hydrogen-bond acceptors (Lipinski definition) is 4. The largest absolute Gasteiger partial charge is 0.477 e. The molecule has 3 aromatic rings. The SMILES string of the molecule is c1ccc(CNCCCOc2nccc3occc23)cc1. The Morgan fingerprint density at radius 3 is 2.90 bits per heavy atom. The minimum Gasteiger partial charge on any atom is -0.477 e. The summed E-state index contributed by atoms with van der Waals surface area (Å²) in [5, 5.41) is 4.33. The molecule has 2 heterocycles. The highest BCUT2D eigenvalue weighted by Crippen LogP contribution is 2.23. The van der Waals surface area contributed by atoms with Crippen molar-refractivity contribution in [3.05, 3.63) is 60.5 Å². The summed E-state index contributed by atoms with van der Waals surface area (Å²) in [7, 11) is 0. The first kappa shape index (κ1) is 13.6. The smallest absolute Gasteiger partial charge is 0.224 e. The highest BCUT2D eigenvalue weighted by Gasteiger charge is 2.05. The molecule has 1 aromatic carbocycles. The Morgan fingerprint density at radius 2 is 2.00 bits per heavy atom. The van der Waals surface area contributed by atoms with Crippen LogP contribution in [0.3, 0.4) is 0 Å². The van der Waals surface area contributed by atoms with Crippen molar-refractivity contribution in [1.29, 1.82) is 0 Å². The Bertz CT molecular complexity index is 679. The van der Waals surface area contributed by atoms with Gasteiger partial charge in [-0.05, 0) is 30.7 Å². The monoisotopic (exact) mass is 282 g/mol. The van der Waals surface area contributed by atoms with Crippen LogP contribution in [0.1, 0.15) is 12.0 Å². The van der Waals surface area contributed by atoms with Crippen molar-refractivity contribution < 1.29 is 9.15 Å². The normalized spacial score (nSPS) is 10.9. The van der Waals surface area contributed by atoms with Gasteiger partial charge in [-0.2, -0.15) is 0 Å². The van der Waals surface area contributed by atoms with Gasteiger partial charge in [0.2, 0.25) is 5.88 Å². The van der Waals surface area contributed by atoms with Gasteiger partial charge in [-0.25, -0.2) is 4.98 Å². The lowest BCUT2D eigenvalue weighted by atomic mass is 10.2. The van der Waals surface area contributed by atoms with E-state index in [9.17, 15) is 0 Å². The van der Waals surface area contributed by atoms with E-state index in [-0.39, 0.29) is 0 Å². The second-order valence-electron chi connectivity index (χ2n) is 4.81. The van der Waals surface area contributed by atoms with Crippen molar-refractivity contribution in [2.75, 3.05) is 13.2 Å². The van der Waals surface area contributed by atoms with E-state index in [4.69, 9.17) is 9.15 Å². The summed E-state index contributed by atoms with van der Waals surface area (Å²) in [6.45, 7) is 2.44. The number of hydrogen-bond donors (Lipinski definition) is 1. The maximum absolute atomic E-state index is 5.72. The Kier molecular flexibility index (Phi) is 4.49. The van der Waals surface area contributed by atoms with Crippen molar-refractivity contribution in [1.82, 2.24) is 10.3 Å². The van der Waals surface area contributed by atoms with Gasteiger partial charge in [-0.15, -0.1) is 0 Å². The highest BCUT2D eigenvalue weighted by atomic mass is 16.5. The number of ether oxygens (including phenoxy) is 1. The lowest BCUT2D eigenvalue weighted by Gasteiger charge is -2.07. The quantitative estimate of drug-likeness (QED) is 0.675. The number of rotatable bonds is 7. The molecule has 0 amide bonds. The third-order valence-electron chi connectivity index (χ3n) is 3.25. The number of pyridine rings is 1. The Labute approximate surface area is 123 Å². The second kappa shape index (κ2) is 6.90. The summed E-state index contributed by atoms with van der Waals surface area (Å²) in [5.74, 6) is 0.643. The number of nitrogens with one attached hydrogen (secondary N) is 1. The van der Waals surface area contributed by atoms with E-state index >= 15 is 0 Å². The predicted octanol–water partition coefficient (Wildman–Crippen LogP) is 3.39. The molecule has 1 N–H and O–H groups in total. The van der Waals surface area contributed by atoms with Gasteiger partial charge < -0.3 is 14.5 Å². The first-order chi connectivity index (χ1) is 10.4. The van der Waals surface area contributed by atoms with Gasteiger partial charge in [0.25, 0.3) is 0 Å². The van der Waals surface area contributed by atoms with Crippen molar-refractivity contribution in [3.8, 4) is 5.88 Å². The van der Waals surface area contributed by atoms with Crippen LogP contribution in [0, 0.1) is 0 Å². The van der Waals surface area contributed by atoms with Crippen LogP contribution in [0.4, 0.5) is 0 Å². The molecule has 0 saturated heterocycles. The molecule has 2 aromatic heterocycles. The summed E-state index contributed by atoms with van der Waals surface area (Å²) in [6, 6.07) is 14.1. The van der Waals surface area contributed by atoms with E-state index in [0.29, 0.717) is 12.5 Å². The molecule has 0 aliphatic heterocycles. The summed E-state index contributed by atoms with van der Waals surface area (Å²) >= 11 is 0. The molecular weight excluding hydrogens is 264 g/mol. The first-order valence-corrected chi connectivity index (χ1v) is 7.13. The number of nitrogens with zero attached hydrogens (tertiary/aromatic N) is 1. The molecule has 0 atom stereocenters. The maximum atomic E-state index is 5.72. The summed E-state index contributed by atoms with van der Waals surface area (Å²) in [5.41, 5.74) is 2.10. The van der Waals surface area contributed by atoms with E-state index in [2.05, 4.69) is 34.6 Å². The molecule has 0 aliphatic rings. The van der Waals surface area contributed by atoms with Gasteiger partial charge in [0.1, 0.15) is 5.58 Å². The van der Waals surface area contributed by atoms with Crippen LogP contribution in [-0.4, -0.2) is 18.1 Å². The van der Waals surface area contributed by atoms with E-state index in [1.807, 2.05) is 18.2 Å². The fourth-order valence-electron chi connectivity index (χ4n) is 2.18. The zero-order valence-corrected chi connectivity index (χ0v) is 11.8. The van der Waals surface area contributed by atoms with Crippen molar-refractivity contribution in [2.24, 2.45) is 0 Å². The zero-order valence-electron chi connectivity index (χ0n) is 11.8. The van der Waals surface area contributed by atoms with Crippen LogP contribution in [0.5, 0.6) is 5.88 Å². The molecule has 4 heteroatoms. The number of furan rings is 1. The fraction of sp³-hybridized carbons (Fsp3) is 0.235. The fourth-order valence-corrected chi connectivity index (χ4v) is 2.18. The predicted molar refractivity (Wildman–Crippen MR) is 82.3 cm³/mol. The maximum Gasteiger partial charge on any atom is 0.224 e. The first-order valence-electron chi connectivity index (χ1n) is 7.13. The van der Waals surface area contributed by atoms with Crippen LogP contribution >= 0.6 is 0 Å². The van der Waals surface area contributed by atoms with Gasteiger partial charge in [0.15, 0.2) is 0 Å². The van der Waals surface area contributed by atoms with Crippen molar-refractivity contribution in [2.45, 2.75) is 13.0 Å². The van der Waals surface area contributed by atoms with Crippen molar-refractivity contribution in [3.63, 3.8) is 0 Å². The van der Waals surface area contributed by atoms with Crippen LogP contribution in [0.25, 0.3) is 11.0 Å². The van der Waals surface area contributed by atoms with Crippen LogP contribution < -0.4 is 10.1 Å². The number of benzene rings is 1. The van der Waals surface area contributed by atoms with Gasteiger partial charge in [-0.3, -0.25) is 0 Å². The molecule has 0 spiro atoms. The second-order valence-corrected chi connectivity index (χ2v) is 4.81. The van der Waals surface area contributed by atoms with E-state index in [0.717, 1.165) is 30.5 Å². The van der Waals surface area contributed by atoms with E-state index < -0.39 is 0 Å². The van der Waals surface area contributed by atoms with Crippen LogP contribution in [0.2, 0.25) is 0 Å². The third kappa shape index (κ3) is 3.61. The van der Waals surface area contributed by atoms with E-state index in [1.165, 1.54) is 5.56 Å². The molecule has 3 rings (SSSR count). The molecule has 4 nitrogen and oxygen atoms in total. The van der Waals surface area contributed by atoms with E-state index in [1.54, 1.807) is 12.5 Å². The molecular formula is C17H18N2O2. The molecule has 0 bridgehead atoms. The molecule has 0 fully saturated rings. The summed E-state index contributed by atoms with van der Waals surface area (Å²) in [6.07, 6.45) is 4.29. The Morgan fingerprint density at radius 1 is 1.10 bits per heavy atom. The van der Waals surface area contributed by atoms with Crippen LogP contribution in [-0.2, 0) is 6.54 Å². The molecule has 0 saturated carbocycles. The van der Waals surface area contributed by atoms with Gasteiger partial charge >= 0.3 is 0 Å². The van der Waals surface area contributed by atoms with Gasteiger partial charge in [0.05, 0.1) is 18.3 Å². The average Bonchev–Trinajstić information content (AvgIpc) is 3.01. The van der Waals surface area contributed by atoms with Crippen LogP contribution in [0.15, 0.2) is 59.3 Å². The number of aromatic nitrogens is 1. The minimum absolute atomic E-state index is 0.638. The summed E-state index contributed by atoms with van der Waals surface area (Å²) < 4.78 is 11.0.